The normalized spacial score (nSPS) is 11.1. The highest BCUT2D eigenvalue weighted by Crippen LogP contribution is 2.27. The lowest BCUT2D eigenvalue weighted by molar-refractivity contribution is -0.384. The summed E-state index contributed by atoms with van der Waals surface area (Å²) < 4.78 is 24.2. The van der Waals surface area contributed by atoms with Gasteiger partial charge in [-0.1, -0.05) is 11.6 Å². The number of benzene rings is 1. The molecule has 1 aromatic rings. The van der Waals surface area contributed by atoms with Crippen LogP contribution in [0.15, 0.2) is 18.2 Å². The third kappa shape index (κ3) is 3.22. The molecule has 0 unspecified atom stereocenters. The van der Waals surface area contributed by atoms with Crippen LogP contribution in [0.4, 0.5) is 11.4 Å². The first-order valence-corrected chi connectivity index (χ1v) is 6.42. The minimum absolute atomic E-state index is 0.0387. The van der Waals surface area contributed by atoms with Crippen molar-refractivity contribution >= 4 is 44.6 Å². The maximum Gasteiger partial charge on any atom is 0.289 e. The average molecular weight is 285 g/mol. The first-order valence-electron chi connectivity index (χ1n) is 3.86. The number of nitro groups is 1. The fourth-order valence-electron chi connectivity index (χ4n) is 0.923. The van der Waals surface area contributed by atoms with E-state index in [1.807, 2.05) is 0 Å². The summed E-state index contributed by atoms with van der Waals surface area (Å²) in [6.45, 7) is 0. The number of halogens is 2. The number of sulfonamides is 1. The minimum Gasteiger partial charge on any atom is -0.282 e. The highest BCUT2D eigenvalue weighted by Gasteiger charge is 2.15. The van der Waals surface area contributed by atoms with Crippen molar-refractivity contribution in [3.05, 3.63) is 33.3 Å². The largest absolute Gasteiger partial charge is 0.289 e. The molecule has 0 heterocycles. The highest BCUT2D eigenvalue weighted by molar-refractivity contribution is 7.93. The van der Waals surface area contributed by atoms with Crippen molar-refractivity contribution < 1.29 is 13.3 Å². The zero-order valence-electron chi connectivity index (χ0n) is 7.68. The predicted molar refractivity (Wildman–Crippen MR) is 61.4 cm³/mol. The molecule has 0 saturated carbocycles. The Hall–Kier alpha value is -1.05. The molecule has 0 saturated heterocycles. The molecule has 0 radical (unpaired) electrons. The van der Waals surface area contributed by atoms with Gasteiger partial charge in [0.25, 0.3) is 5.69 Å². The summed E-state index contributed by atoms with van der Waals surface area (Å²) >= 11 is 10.7. The fourth-order valence-corrected chi connectivity index (χ4v) is 1.81. The van der Waals surface area contributed by atoms with Gasteiger partial charge in [-0.05, 0) is 12.1 Å². The third-order valence-electron chi connectivity index (χ3n) is 1.56. The summed E-state index contributed by atoms with van der Waals surface area (Å²) in [5.41, 5.74) is -0.340. The second-order valence-corrected chi connectivity index (χ2v) is 5.46. The molecule has 0 bridgehead atoms. The van der Waals surface area contributed by atoms with Crippen molar-refractivity contribution in [2.24, 2.45) is 0 Å². The van der Waals surface area contributed by atoms with Crippen LogP contribution in [-0.4, -0.2) is 18.6 Å². The van der Waals surface area contributed by atoms with Crippen LogP contribution in [0.5, 0.6) is 0 Å². The van der Waals surface area contributed by atoms with Gasteiger partial charge in [0.05, 0.1) is 10.6 Å². The maximum atomic E-state index is 11.1. The van der Waals surface area contributed by atoms with E-state index in [2.05, 4.69) is 4.72 Å². The molecule has 0 atom stereocenters. The molecular formula is C7H6Cl2N2O4S. The number of hydrogen-bond donors (Lipinski definition) is 1. The summed E-state index contributed by atoms with van der Waals surface area (Å²) in [6, 6.07) is 3.55. The number of nitro benzene ring substituents is 1. The van der Waals surface area contributed by atoms with Gasteiger partial charge in [-0.25, -0.2) is 8.42 Å². The summed E-state index contributed by atoms with van der Waals surface area (Å²) in [5, 5.41) is 9.82. The van der Waals surface area contributed by atoms with Gasteiger partial charge in [-0.2, -0.15) is 0 Å². The molecule has 16 heavy (non-hydrogen) atoms. The number of hydrogen-bond acceptors (Lipinski definition) is 4. The molecule has 0 aliphatic heterocycles. The zero-order valence-corrected chi connectivity index (χ0v) is 10.0. The number of rotatable bonds is 4. The second-order valence-electron chi connectivity index (χ2n) is 2.75. The Labute approximate surface area is 101 Å². The topological polar surface area (TPSA) is 89.3 Å². The van der Waals surface area contributed by atoms with Crippen molar-refractivity contribution in [1.29, 1.82) is 0 Å². The monoisotopic (exact) mass is 284 g/mol. The molecule has 88 valence electrons. The van der Waals surface area contributed by atoms with Gasteiger partial charge in [0, 0.05) is 6.07 Å². The molecule has 9 heteroatoms. The summed E-state index contributed by atoms with van der Waals surface area (Å²) in [7, 11) is -3.68. The van der Waals surface area contributed by atoms with Crippen LogP contribution in [0.3, 0.4) is 0 Å². The van der Waals surface area contributed by atoms with Crippen LogP contribution in [0.25, 0.3) is 0 Å². The van der Waals surface area contributed by atoms with Crippen LogP contribution in [0, 0.1) is 10.1 Å². The van der Waals surface area contributed by atoms with Crippen molar-refractivity contribution in [2.75, 3.05) is 9.93 Å². The first kappa shape index (κ1) is 13.0. The lowest BCUT2D eigenvalue weighted by Gasteiger charge is -2.05. The van der Waals surface area contributed by atoms with E-state index in [1.54, 1.807) is 0 Å². The molecule has 0 fully saturated rings. The molecule has 1 N–H and O–H groups in total. The van der Waals surface area contributed by atoms with Crippen LogP contribution >= 0.6 is 23.2 Å². The van der Waals surface area contributed by atoms with E-state index in [4.69, 9.17) is 23.2 Å². The van der Waals surface area contributed by atoms with E-state index in [0.29, 0.717) is 0 Å². The van der Waals surface area contributed by atoms with Gasteiger partial charge < -0.3 is 0 Å². The van der Waals surface area contributed by atoms with Crippen LogP contribution in [0.2, 0.25) is 5.02 Å². The second kappa shape index (κ2) is 4.86. The smallest absolute Gasteiger partial charge is 0.282 e. The Morgan fingerprint density at radius 1 is 1.44 bits per heavy atom. The van der Waals surface area contributed by atoms with Crippen molar-refractivity contribution in [3.8, 4) is 0 Å². The van der Waals surface area contributed by atoms with Crippen LogP contribution < -0.4 is 4.72 Å². The summed E-state index contributed by atoms with van der Waals surface area (Å²) in [5.74, 6) is 0. The quantitative estimate of drug-likeness (QED) is 0.521. The minimum atomic E-state index is -3.68. The molecular weight excluding hydrogens is 279 g/mol. The van der Waals surface area contributed by atoms with Crippen LogP contribution in [-0.2, 0) is 10.0 Å². The molecule has 0 spiro atoms. The standard InChI is InChI=1S/C7H6Cl2N2O4S/c8-4-16(14,15)10-5-1-2-6(9)7(3-5)11(12)13/h1-3,10H,4H2. The van der Waals surface area contributed by atoms with E-state index in [0.717, 1.165) is 6.07 Å². The summed E-state index contributed by atoms with van der Waals surface area (Å²) in [4.78, 5) is 9.82. The Morgan fingerprint density at radius 2 is 2.06 bits per heavy atom. The van der Waals surface area contributed by atoms with Gasteiger partial charge in [0.2, 0.25) is 10.0 Å². The van der Waals surface area contributed by atoms with E-state index < -0.39 is 20.2 Å². The SMILES string of the molecule is O=[N+]([O-])c1cc(NS(=O)(=O)CCl)ccc1Cl. The lowest BCUT2D eigenvalue weighted by atomic mass is 10.3. The molecule has 1 aromatic carbocycles. The van der Waals surface area contributed by atoms with Gasteiger partial charge in [0.1, 0.15) is 10.2 Å². The Balaban J connectivity index is 3.09. The van der Waals surface area contributed by atoms with Crippen LogP contribution in [0.1, 0.15) is 0 Å². The van der Waals surface area contributed by atoms with Gasteiger partial charge in [0.15, 0.2) is 0 Å². The molecule has 1 rings (SSSR count). The third-order valence-corrected chi connectivity index (χ3v) is 3.58. The molecule has 0 aliphatic rings. The Bertz CT molecular complexity index is 517. The average Bonchev–Trinajstić information content (AvgIpc) is 2.20. The molecule has 0 aliphatic carbocycles. The summed E-state index contributed by atoms with van der Waals surface area (Å²) in [6.07, 6.45) is 0. The van der Waals surface area contributed by atoms with E-state index in [-0.39, 0.29) is 16.4 Å². The fraction of sp³-hybridized carbons (Fsp3) is 0.143. The molecule has 0 aromatic heterocycles. The van der Waals surface area contributed by atoms with Gasteiger partial charge >= 0.3 is 0 Å². The van der Waals surface area contributed by atoms with Gasteiger partial charge in [-0.3, -0.25) is 14.8 Å². The van der Waals surface area contributed by atoms with Crippen molar-refractivity contribution in [1.82, 2.24) is 0 Å². The predicted octanol–water partition coefficient (Wildman–Crippen LogP) is 2.19. The molecule has 0 amide bonds. The first-order chi connectivity index (χ1) is 7.35. The number of nitrogens with zero attached hydrogens (tertiary/aromatic N) is 1. The maximum absolute atomic E-state index is 11.1. The number of alkyl halides is 1. The Kier molecular flexibility index (Phi) is 3.95. The van der Waals surface area contributed by atoms with E-state index in [1.165, 1.54) is 12.1 Å². The van der Waals surface area contributed by atoms with E-state index >= 15 is 0 Å². The number of nitrogens with one attached hydrogen (secondary N) is 1. The highest BCUT2D eigenvalue weighted by atomic mass is 35.5. The van der Waals surface area contributed by atoms with Crippen molar-refractivity contribution in [3.63, 3.8) is 0 Å². The zero-order chi connectivity index (χ0) is 12.3. The van der Waals surface area contributed by atoms with Gasteiger partial charge in [-0.15, -0.1) is 11.6 Å². The van der Waals surface area contributed by atoms with Crippen molar-refractivity contribution in [2.45, 2.75) is 0 Å². The molecule has 6 nitrogen and oxygen atoms in total. The number of anilines is 1. The lowest BCUT2D eigenvalue weighted by Crippen LogP contribution is -2.13. The Morgan fingerprint density at radius 3 is 2.56 bits per heavy atom. The van der Waals surface area contributed by atoms with E-state index in [9.17, 15) is 18.5 Å².